The fourth-order valence-corrected chi connectivity index (χ4v) is 3.32. The number of ether oxygens (including phenoxy) is 2. The van der Waals surface area contributed by atoms with E-state index in [0.717, 1.165) is 5.56 Å². The van der Waals surface area contributed by atoms with Gasteiger partial charge in [-0.25, -0.2) is 0 Å². The second-order valence-electron chi connectivity index (χ2n) is 6.63. The molecule has 4 rings (SSSR count). The van der Waals surface area contributed by atoms with Crippen molar-refractivity contribution in [2.45, 2.75) is 24.7 Å². The van der Waals surface area contributed by atoms with Gasteiger partial charge in [-0.15, -0.1) is 0 Å². The van der Waals surface area contributed by atoms with Gasteiger partial charge in [0.15, 0.2) is 11.5 Å². The lowest BCUT2D eigenvalue weighted by molar-refractivity contribution is -0.151. The summed E-state index contributed by atoms with van der Waals surface area (Å²) in [4.78, 5) is 14.3. The Kier molecular flexibility index (Phi) is 4.69. The van der Waals surface area contributed by atoms with E-state index < -0.39 is 11.9 Å². The monoisotopic (exact) mass is 383 g/mol. The molecule has 2 aromatic rings. The molecule has 1 N–H and O–H groups in total. The SMILES string of the molecule is O=C(C1Oc2ccccc2O1)N1CCC(O)(C#Cc2cccc(Cl)c2)CC1. The molecule has 0 radical (unpaired) electrons. The Labute approximate surface area is 162 Å². The first-order chi connectivity index (χ1) is 13.0. The van der Waals surface area contributed by atoms with Gasteiger partial charge in [-0.3, -0.25) is 4.79 Å². The molecule has 1 saturated heterocycles. The Morgan fingerprint density at radius 1 is 1.11 bits per heavy atom. The van der Waals surface area contributed by atoms with Gasteiger partial charge in [0.1, 0.15) is 5.60 Å². The van der Waals surface area contributed by atoms with Crippen LogP contribution in [-0.4, -0.2) is 40.9 Å². The minimum Gasteiger partial charge on any atom is -0.442 e. The van der Waals surface area contributed by atoms with Crippen molar-refractivity contribution < 1.29 is 19.4 Å². The molecule has 0 spiro atoms. The van der Waals surface area contributed by atoms with Crippen LogP contribution in [0.5, 0.6) is 11.5 Å². The van der Waals surface area contributed by atoms with Crippen LogP contribution in [0.15, 0.2) is 48.5 Å². The van der Waals surface area contributed by atoms with Crippen molar-refractivity contribution in [3.05, 3.63) is 59.1 Å². The van der Waals surface area contributed by atoms with E-state index >= 15 is 0 Å². The number of rotatable bonds is 1. The smallest absolute Gasteiger partial charge is 0.321 e. The minimum absolute atomic E-state index is 0.240. The van der Waals surface area contributed by atoms with Gasteiger partial charge < -0.3 is 19.5 Å². The van der Waals surface area contributed by atoms with Crippen LogP contribution in [0.2, 0.25) is 5.02 Å². The van der Waals surface area contributed by atoms with Gasteiger partial charge in [0.2, 0.25) is 0 Å². The molecule has 6 heteroatoms. The molecule has 2 aliphatic rings. The first kappa shape index (κ1) is 17.7. The van der Waals surface area contributed by atoms with Gasteiger partial charge in [0, 0.05) is 36.5 Å². The number of carbonyl (C=O) groups excluding carboxylic acids is 1. The Bertz CT molecular complexity index is 900. The average molecular weight is 384 g/mol. The number of amides is 1. The van der Waals surface area contributed by atoms with Gasteiger partial charge >= 0.3 is 12.2 Å². The number of piperidine rings is 1. The van der Waals surface area contributed by atoms with Crippen LogP contribution in [0.4, 0.5) is 0 Å². The topological polar surface area (TPSA) is 59.0 Å². The van der Waals surface area contributed by atoms with E-state index in [-0.39, 0.29) is 5.91 Å². The number of para-hydroxylation sites is 2. The number of fused-ring (bicyclic) bond motifs is 1. The zero-order valence-electron chi connectivity index (χ0n) is 14.5. The fraction of sp³-hybridized carbons (Fsp3) is 0.286. The van der Waals surface area contributed by atoms with E-state index in [1.54, 1.807) is 29.2 Å². The van der Waals surface area contributed by atoms with Crippen LogP contribution in [0.3, 0.4) is 0 Å². The zero-order chi connectivity index (χ0) is 18.9. The Balaban J connectivity index is 1.37. The molecule has 2 aliphatic heterocycles. The number of halogens is 1. The van der Waals surface area contributed by atoms with Crippen LogP contribution in [0.25, 0.3) is 0 Å². The highest BCUT2D eigenvalue weighted by atomic mass is 35.5. The van der Waals surface area contributed by atoms with Gasteiger partial charge in [0.05, 0.1) is 0 Å². The largest absolute Gasteiger partial charge is 0.442 e. The van der Waals surface area contributed by atoms with Gasteiger partial charge in [-0.05, 0) is 30.3 Å². The number of hydrogen-bond acceptors (Lipinski definition) is 4. The maximum absolute atomic E-state index is 12.6. The summed E-state index contributed by atoms with van der Waals surface area (Å²) in [6, 6.07) is 14.4. The van der Waals surface area contributed by atoms with Crippen LogP contribution in [-0.2, 0) is 4.79 Å². The molecule has 0 atom stereocenters. The minimum atomic E-state index is -1.13. The van der Waals surface area contributed by atoms with Crippen molar-refractivity contribution in [3.8, 4) is 23.3 Å². The summed E-state index contributed by atoms with van der Waals surface area (Å²) in [5.41, 5.74) is -0.376. The number of aliphatic hydroxyl groups is 1. The molecular formula is C21H18ClNO4. The molecule has 138 valence electrons. The predicted octanol–water partition coefficient (Wildman–Crippen LogP) is 2.84. The van der Waals surface area contributed by atoms with Crippen molar-refractivity contribution in [2.24, 2.45) is 0 Å². The predicted molar refractivity (Wildman–Crippen MR) is 101 cm³/mol. The van der Waals surface area contributed by atoms with E-state index in [1.165, 1.54) is 0 Å². The molecule has 0 unspecified atom stereocenters. The standard InChI is InChI=1S/C21H18ClNO4/c22-16-5-3-4-15(14-16)8-9-21(25)10-12-23(13-11-21)19(24)20-26-17-6-1-2-7-18(17)27-20/h1-7,14,20,25H,10-13H2. The molecule has 1 amide bonds. The average Bonchev–Trinajstić information content (AvgIpc) is 3.11. The van der Waals surface area contributed by atoms with Crippen molar-refractivity contribution >= 4 is 17.5 Å². The highest BCUT2D eigenvalue weighted by Gasteiger charge is 2.38. The molecule has 1 fully saturated rings. The van der Waals surface area contributed by atoms with Crippen molar-refractivity contribution in [1.29, 1.82) is 0 Å². The fourth-order valence-electron chi connectivity index (χ4n) is 3.13. The van der Waals surface area contributed by atoms with Crippen LogP contribution >= 0.6 is 11.6 Å². The second kappa shape index (κ2) is 7.15. The molecule has 27 heavy (non-hydrogen) atoms. The van der Waals surface area contributed by atoms with Crippen LogP contribution < -0.4 is 9.47 Å². The first-order valence-corrected chi connectivity index (χ1v) is 9.12. The van der Waals surface area contributed by atoms with Crippen molar-refractivity contribution in [1.82, 2.24) is 4.90 Å². The third-order valence-electron chi connectivity index (χ3n) is 4.69. The normalized spacial score (nSPS) is 17.9. The summed E-state index contributed by atoms with van der Waals surface area (Å²) in [5.74, 6) is 6.79. The van der Waals surface area contributed by atoms with E-state index in [2.05, 4.69) is 11.8 Å². The summed E-state index contributed by atoms with van der Waals surface area (Å²) in [5, 5.41) is 11.3. The quantitative estimate of drug-likeness (QED) is 0.769. The molecule has 0 aliphatic carbocycles. The van der Waals surface area contributed by atoms with E-state index in [4.69, 9.17) is 21.1 Å². The highest BCUT2D eigenvalue weighted by Crippen LogP contribution is 2.35. The third kappa shape index (κ3) is 3.87. The highest BCUT2D eigenvalue weighted by molar-refractivity contribution is 6.30. The first-order valence-electron chi connectivity index (χ1n) is 8.75. The zero-order valence-corrected chi connectivity index (χ0v) is 15.3. The molecular weight excluding hydrogens is 366 g/mol. The van der Waals surface area contributed by atoms with Crippen molar-refractivity contribution in [3.63, 3.8) is 0 Å². The van der Waals surface area contributed by atoms with Crippen molar-refractivity contribution in [2.75, 3.05) is 13.1 Å². The Morgan fingerprint density at radius 2 is 1.78 bits per heavy atom. The molecule has 0 aromatic heterocycles. The van der Waals surface area contributed by atoms with E-state index in [0.29, 0.717) is 42.5 Å². The number of benzene rings is 2. The summed E-state index contributed by atoms with van der Waals surface area (Å²) in [6.45, 7) is 0.776. The van der Waals surface area contributed by atoms with E-state index in [1.807, 2.05) is 24.3 Å². The lowest BCUT2D eigenvalue weighted by atomic mass is 9.91. The maximum atomic E-state index is 12.6. The maximum Gasteiger partial charge on any atom is 0.321 e. The summed E-state index contributed by atoms with van der Waals surface area (Å²) < 4.78 is 11.1. The number of likely N-dealkylation sites (tertiary alicyclic amines) is 1. The second-order valence-corrected chi connectivity index (χ2v) is 7.07. The number of carbonyl (C=O) groups is 1. The van der Waals surface area contributed by atoms with Gasteiger partial charge in [-0.1, -0.05) is 41.6 Å². The molecule has 0 saturated carbocycles. The number of nitrogens with zero attached hydrogens (tertiary/aromatic N) is 1. The molecule has 0 bridgehead atoms. The molecule has 2 aromatic carbocycles. The van der Waals surface area contributed by atoms with Gasteiger partial charge in [0.25, 0.3) is 0 Å². The summed E-state index contributed by atoms with van der Waals surface area (Å²) in [7, 11) is 0. The third-order valence-corrected chi connectivity index (χ3v) is 4.92. The Morgan fingerprint density at radius 3 is 2.41 bits per heavy atom. The molecule has 5 nitrogen and oxygen atoms in total. The lowest BCUT2D eigenvalue weighted by Crippen LogP contribution is -2.50. The van der Waals surface area contributed by atoms with E-state index in [9.17, 15) is 9.90 Å². The van der Waals surface area contributed by atoms with Gasteiger partial charge in [-0.2, -0.15) is 0 Å². The molecule has 2 heterocycles. The lowest BCUT2D eigenvalue weighted by Gasteiger charge is -2.35. The summed E-state index contributed by atoms with van der Waals surface area (Å²) in [6.07, 6.45) is -0.232. The van der Waals surface area contributed by atoms with Crippen LogP contribution in [0, 0.1) is 11.8 Å². The summed E-state index contributed by atoms with van der Waals surface area (Å²) >= 11 is 5.95. The Hall–Kier alpha value is -2.68. The number of hydrogen-bond donors (Lipinski definition) is 1. The van der Waals surface area contributed by atoms with Crippen LogP contribution in [0.1, 0.15) is 18.4 Å².